The van der Waals surface area contributed by atoms with Gasteiger partial charge in [0.1, 0.15) is 0 Å². The molecule has 0 aromatic rings. The smallest absolute Gasteiger partial charge is 0.225 e. The van der Waals surface area contributed by atoms with E-state index in [2.05, 4.69) is 0 Å². The van der Waals surface area contributed by atoms with Crippen LogP contribution in [0.25, 0.3) is 0 Å². The summed E-state index contributed by atoms with van der Waals surface area (Å²) < 4.78 is 0. The average molecular weight is 227 g/mol. The zero-order valence-corrected chi connectivity index (χ0v) is 10.0. The molecule has 5 heteroatoms. The van der Waals surface area contributed by atoms with Crippen LogP contribution in [-0.2, 0) is 9.59 Å². The van der Waals surface area contributed by atoms with Crippen molar-refractivity contribution in [1.29, 1.82) is 0 Å². The largest absolute Gasteiger partial charge is 0.369 e. The van der Waals surface area contributed by atoms with Crippen molar-refractivity contribution in [2.75, 3.05) is 19.6 Å². The van der Waals surface area contributed by atoms with Crippen LogP contribution in [0.5, 0.6) is 0 Å². The lowest BCUT2D eigenvalue weighted by Crippen LogP contribution is -2.40. The number of carbonyl (C=O) groups is 2. The zero-order chi connectivity index (χ0) is 12.3. The second-order valence-corrected chi connectivity index (χ2v) is 4.91. The van der Waals surface area contributed by atoms with Crippen LogP contribution in [0.3, 0.4) is 0 Å². The Hall–Kier alpha value is -1.10. The topological polar surface area (TPSA) is 89.4 Å². The highest BCUT2D eigenvalue weighted by Gasteiger charge is 2.41. The van der Waals surface area contributed by atoms with Crippen LogP contribution >= 0.6 is 0 Å². The molecule has 4 N–H and O–H groups in total. The summed E-state index contributed by atoms with van der Waals surface area (Å²) in [5.74, 6) is -0.315. The molecule has 1 fully saturated rings. The molecule has 1 aliphatic rings. The van der Waals surface area contributed by atoms with Gasteiger partial charge in [0.05, 0.1) is 5.41 Å². The molecule has 1 saturated heterocycles. The van der Waals surface area contributed by atoms with E-state index >= 15 is 0 Å². The average Bonchev–Trinajstić information content (AvgIpc) is 2.61. The van der Waals surface area contributed by atoms with E-state index in [1.165, 1.54) is 0 Å². The molecule has 2 unspecified atom stereocenters. The molecule has 0 aromatic carbocycles. The molecular weight excluding hydrogens is 206 g/mol. The summed E-state index contributed by atoms with van der Waals surface area (Å²) in [5.41, 5.74) is 10.2. The highest BCUT2D eigenvalue weighted by atomic mass is 16.2. The molecule has 2 atom stereocenters. The maximum atomic E-state index is 12.0. The molecule has 0 saturated carbocycles. The number of carbonyl (C=O) groups excluding carboxylic acids is 2. The lowest BCUT2D eigenvalue weighted by Gasteiger charge is -2.23. The van der Waals surface area contributed by atoms with Crippen LogP contribution in [0.2, 0.25) is 0 Å². The third kappa shape index (κ3) is 2.52. The van der Waals surface area contributed by atoms with Crippen molar-refractivity contribution in [3.63, 3.8) is 0 Å². The highest BCUT2D eigenvalue weighted by Crippen LogP contribution is 2.30. The van der Waals surface area contributed by atoms with Gasteiger partial charge in [-0.3, -0.25) is 9.59 Å². The Morgan fingerprint density at radius 3 is 2.56 bits per heavy atom. The second-order valence-electron chi connectivity index (χ2n) is 4.91. The number of rotatable bonds is 4. The van der Waals surface area contributed by atoms with Gasteiger partial charge in [0.25, 0.3) is 0 Å². The van der Waals surface area contributed by atoms with Crippen LogP contribution in [0.1, 0.15) is 26.7 Å². The predicted octanol–water partition coefficient (Wildman–Crippen LogP) is -0.305. The first-order valence-corrected chi connectivity index (χ1v) is 5.69. The molecule has 1 heterocycles. The van der Waals surface area contributed by atoms with Crippen LogP contribution in [0.15, 0.2) is 0 Å². The SMILES string of the molecule is CC(CCN)C(=O)N1CCC(C)(C(N)=O)C1. The van der Waals surface area contributed by atoms with Crippen LogP contribution < -0.4 is 11.5 Å². The van der Waals surface area contributed by atoms with Crippen molar-refractivity contribution in [2.24, 2.45) is 22.8 Å². The van der Waals surface area contributed by atoms with E-state index in [0.717, 1.165) is 0 Å². The molecule has 92 valence electrons. The Kier molecular flexibility index (Phi) is 3.91. The number of primary amides is 1. The number of amides is 2. The van der Waals surface area contributed by atoms with Crippen LogP contribution in [0, 0.1) is 11.3 Å². The van der Waals surface area contributed by atoms with E-state index in [4.69, 9.17) is 11.5 Å². The number of hydrogen-bond donors (Lipinski definition) is 2. The number of hydrogen-bond acceptors (Lipinski definition) is 3. The van der Waals surface area contributed by atoms with Gasteiger partial charge < -0.3 is 16.4 Å². The lowest BCUT2D eigenvalue weighted by atomic mass is 9.89. The van der Waals surface area contributed by atoms with Gasteiger partial charge in [0, 0.05) is 19.0 Å². The normalized spacial score (nSPS) is 26.8. The third-order valence-electron chi connectivity index (χ3n) is 3.40. The van der Waals surface area contributed by atoms with E-state index in [1.54, 1.807) is 4.90 Å². The van der Waals surface area contributed by atoms with E-state index < -0.39 is 5.41 Å². The van der Waals surface area contributed by atoms with E-state index in [0.29, 0.717) is 32.5 Å². The van der Waals surface area contributed by atoms with Gasteiger partial charge in [-0.2, -0.15) is 0 Å². The maximum absolute atomic E-state index is 12.0. The quantitative estimate of drug-likeness (QED) is 0.690. The van der Waals surface area contributed by atoms with Crippen LogP contribution in [-0.4, -0.2) is 36.3 Å². The minimum atomic E-state index is -0.557. The number of nitrogens with zero attached hydrogens (tertiary/aromatic N) is 1. The Balaban J connectivity index is 2.59. The summed E-state index contributed by atoms with van der Waals surface area (Å²) in [4.78, 5) is 24.9. The molecule has 16 heavy (non-hydrogen) atoms. The van der Waals surface area contributed by atoms with Crippen molar-refractivity contribution < 1.29 is 9.59 Å². The monoisotopic (exact) mass is 227 g/mol. The highest BCUT2D eigenvalue weighted by molar-refractivity contribution is 5.84. The van der Waals surface area contributed by atoms with Gasteiger partial charge in [-0.25, -0.2) is 0 Å². The van der Waals surface area contributed by atoms with Crippen molar-refractivity contribution in [1.82, 2.24) is 4.90 Å². The Morgan fingerprint density at radius 2 is 2.12 bits per heavy atom. The summed E-state index contributed by atoms with van der Waals surface area (Å²) in [6.45, 7) is 5.25. The van der Waals surface area contributed by atoms with E-state index in [-0.39, 0.29) is 17.7 Å². The first-order valence-electron chi connectivity index (χ1n) is 5.69. The summed E-state index contributed by atoms with van der Waals surface area (Å²) in [6.07, 6.45) is 1.34. The summed E-state index contributed by atoms with van der Waals surface area (Å²) in [6, 6.07) is 0. The standard InChI is InChI=1S/C11H21N3O2/c1-8(3-5-12)9(15)14-6-4-11(2,7-14)10(13)16/h8H,3-7,12H2,1-2H3,(H2,13,16). The molecular formula is C11H21N3O2. The Bertz CT molecular complexity index is 293. The van der Waals surface area contributed by atoms with E-state index in [9.17, 15) is 9.59 Å². The van der Waals surface area contributed by atoms with Crippen LogP contribution in [0.4, 0.5) is 0 Å². The van der Waals surface area contributed by atoms with Crippen molar-refractivity contribution in [3.8, 4) is 0 Å². The summed E-state index contributed by atoms with van der Waals surface area (Å²) in [7, 11) is 0. The fraction of sp³-hybridized carbons (Fsp3) is 0.818. The molecule has 0 aromatic heterocycles. The third-order valence-corrected chi connectivity index (χ3v) is 3.40. The first-order chi connectivity index (χ1) is 7.40. The predicted molar refractivity (Wildman–Crippen MR) is 61.3 cm³/mol. The first kappa shape index (κ1) is 13.0. The van der Waals surface area contributed by atoms with Crippen molar-refractivity contribution in [3.05, 3.63) is 0 Å². The molecule has 1 rings (SSSR count). The van der Waals surface area contributed by atoms with Gasteiger partial charge >= 0.3 is 0 Å². The van der Waals surface area contributed by atoms with E-state index in [1.807, 2.05) is 13.8 Å². The molecule has 0 radical (unpaired) electrons. The van der Waals surface area contributed by atoms with Gasteiger partial charge in [-0.05, 0) is 26.3 Å². The minimum absolute atomic E-state index is 0.0692. The zero-order valence-electron chi connectivity index (χ0n) is 10.0. The summed E-state index contributed by atoms with van der Waals surface area (Å²) >= 11 is 0. The fourth-order valence-electron chi connectivity index (χ4n) is 2.04. The van der Waals surface area contributed by atoms with Gasteiger partial charge in [-0.15, -0.1) is 0 Å². The molecule has 0 aliphatic carbocycles. The van der Waals surface area contributed by atoms with Crippen molar-refractivity contribution >= 4 is 11.8 Å². The minimum Gasteiger partial charge on any atom is -0.369 e. The van der Waals surface area contributed by atoms with Gasteiger partial charge in [0.2, 0.25) is 11.8 Å². The van der Waals surface area contributed by atoms with Gasteiger partial charge in [-0.1, -0.05) is 6.92 Å². The van der Waals surface area contributed by atoms with Gasteiger partial charge in [0.15, 0.2) is 0 Å². The molecule has 0 bridgehead atoms. The fourth-order valence-corrected chi connectivity index (χ4v) is 2.04. The number of likely N-dealkylation sites (tertiary alicyclic amines) is 1. The number of nitrogens with two attached hydrogens (primary N) is 2. The molecule has 0 spiro atoms. The summed E-state index contributed by atoms with van der Waals surface area (Å²) in [5, 5.41) is 0. The molecule has 5 nitrogen and oxygen atoms in total. The second kappa shape index (κ2) is 4.82. The Labute approximate surface area is 96.1 Å². The van der Waals surface area contributed by atoms with Crippen molar-refractivity contribution in [2.45, 2.75) is 26.7 Å². The molecule has 1 aliphatic heterocycles. The molecule has 2 amide bonds. The maximum Gasteiger partial charge on any atom is 0.225 e. The Morgan fingerprint density at radius 1 is 1.50 bits per heavy atom. The lowest BCUT2D eigenvalue weighted by molar-refractivity contribution is -0.135.